The Morgan fingerprint density at radius 3 is 2.41 bits per heavy atom. The molecule has 0 spiro atoms. The van der Waals surface area contributed by atoms with E-state index in [2.05, 4.69) is 10.0 Å². The molecule has 0 aliphatic rings. The lowest BCUT2D eigenvalue weighted by atomic mass is 10.1. The number of sulfonamides is 1. The van der Waals surface area contributed by atoms with Crippen molar-refractivity contribution in [1.82, 2.24) is 0 Å². The zero-order chi connectivity index (χ0) is 23.3. The van der Waals surface area contributed by atoms with Crippen LogP contribution in [-0.4, -0.2) is 28.0 Å². The van der Waals surface area contributed by atoms with E-state index < -0.39 is 10.0 Å². The first kappa shape index (κ1) is 23.4. The fraction of sp³-hybridized carbons (Fsp3) is 0.174. The van der Waals surface area contributed by atoms with Crippen LogP contribution in [0, 0.1) is 13.8 Å². The normalized spacial score (nSPS) is 11.0. The number of aryl methyl sites for hydroxylation is 1. The Labute approximate surface area is 192 Å². The van der Waals surface area contributed by atoms with E-state index in [0.29, 0.717) is 17.2 Å². The summed E-state index contributed by atoms with van der Waals surface area (Å²) in [6.45, 7) is 3.69. The minimum absolute atomic E-state index is 0.0385. The Morgan fingerprint density at radius 2 is 1.75 bits per heavy atom. The van der Waals surface area contributed by atoms with E-state index in [-0.39, 0.29) is 22.4 Å². The summed E-state index contributed by atoms with van der Waals surface area (Å²) in [6, 6.07) is 16.0. The van der Waals surface area contributed by atoms with Crippen LogP contribution in [0.1, 0.15) is 11.1 Å². The number of anilines is 2. The highest BCUT2D eigenvalue weighted by Crippen LogP contribution is 2.28. The van der Waals surface area contributed by atoms with Gasteiger partial charge in [-0.15, -0.1) is 0 Å². The molecule has 2 N–H and O–H groups in total. The van der Waals surface area contributed by atoms with E-state index in [1.165, 1.54) is 37.4 Å². The molecular weight excluding hydrogens is 452 g/mol. The number of halogens is 1. The lowest BCUT2D eigenvalue weighted by Gasteiger charge is -2.12. The molecule has 0 aliphatic carbocycles. The number of hydrogen-bond acceptors (Lipinski definition) is 5. The summed E-state index contributed by atoms with van der Waals surface area (Å²) in [6.07, 6.45) is 0. The first-order valence-electron chi connectivity index (χ1n) is 9.65. The van der Waals surface area contributed by atoms with E-state index in [1.807, 2.05) is 32.0 Å². The third-order valence-electron chi connectivity index (χ3n) is 4.79. The Bertz CT molecular complexity index is 1230. The molecule has 3 rings (SSSR count). The second-order valence-electron chi connectivity index (χ2n) is 7.01. The van der Waals surface area contributed by atoms with Gasteiger partial charge in [-0.1, -0.05) is 23.7 Å². The smallest absolute Gasteiger partial charge is 0.262 e. The summed E-state index contributed by atoms with van der Waals surface area (Å²) >= 11 is 6.04. The van der Waals surface area contributed by atoms with Crippen molar-refractivity contribution in [3.63, 3.8) is 0 Å². The van der Waals surface area contributed by atoms with Crippen LogP contribution in [0.2, 0.25) is 5.02 Å². The van der Waals surface area contributed by atoms with Gasteiger partial charge in [0.15, 0.2) is 6.61 Å². The highest BCUT2D eigenvalue weighted by atomic mass is 35.5. The number of methoxy groups -OCH3 is 1. The fourth-order valence-corrected chi connectivity index (χ4v) is 4.19. The summed E-state index contributed by atoms with van der Waals surface area (Å²) in [5.41, 5.74) is 3.09. The van der Waals surface area contributed by atoms with Crippen molar-refractivity contribution >= 4 is 38.9 Å². The highest BCUT2D eigenvalue weighted by Gasteiger charge is 2.15. The van der Waals surface area contributed by atoms with Gasteiger partial charge in [-0.2, -0.15) is 0 Å². The van der Waals surface area contributed by atoms with Crippen molar-refractivity contribution in [2.24, 2.45) is 0 Å². The van der Waals surface area contributed by atoms with Crippen molar-refractivity contribution in [3.8, 4) is 11.5 Å². The molecule has 7 nitrogen and oxygen atoms in total. The molecule has 32 heavy (non-hydrogen) atoms. The minimum Gasteiger partial charge on any atom is -0.495 e. The quantitative estimate of drug-likeness (QED) is 0.490. The number of carbonyl (C=O) groups excluding carboxylic acids is 1. The van der Waals surface area contributed by atoms with Crippen molar-refractivity contribution in [2.75, 3.05) is 23.8 Å². The van der Waals surface area contributed by atoms with Crippen molar-refractivity contribution in [1.29, 1.82) is 0 Å². The number of nitrogens with one attached hydrogen (secondary N) is 2. The Balaban J connectivity index is 1.61. The average Bonchev–Trinajstić information content (AvgIpc) is 2.76. The first-order valence-corrected chi connectivity index (χ1v) is 11.5. The summed E-state index contributed by atoms with van der Waals surface area (Å²) < 4.78 is 38.2. The summed E-state index contributed by atoms with van der Waals surface area (Å²) in [5, 5.41) is 3.09. The number of amides is 1. The van der Waals surface area contributed by atoms with Gasteiger partial charge in [-0.3, -0.25) is 9.52 Å². The van der Waals surface area contributed by atoms with E-state index >= 15 is 0 Å². The van der Waals surface area contributed by atoms with Crippen LogP contribution in [0.3, 0.4) is 0 Å². The second kappa shape index (κ2) is 9.93. The average molecular weight is 475 g/mol. The SMILES string of the molecule is COc1ccc(NS(=O)(=O)c2ccc(OCC(=O)Nc3cccc(C)c3C)cc2)cc1Cl. The molecule has 168 valence electrons. The standard InChI is InChI=1S/C23H23ClN2O5S/c1-15-5-4-6-21(16(15)2)25-23(27)14-31-18-8-10-19(11-9-18)32(28,29)26-17-7-12-22(30-3)20(24)13-17/h4-13,26H,14H2,1-3H3,(H,25,27). The second-order valence-corrected chi connectivity index (χ2v) is 9.10. The molecule has 3 aromatic carbocycles. The lowest BCUT2D eigenvalue weighted by molar-refractivity contribution is -0.118. The van der Waals surface area contributed by atoms with Gasteiger partial charge in [0.05, 0.1) is 22.7 Å². The van der Waals surface area contributed by atoms with Crippen LogP contribution >= 0.6 is 11.6 Å². The van der Waals surface area contributed by atoms with E-state index in [0.717, 1.165) is 16.8 Å². The molecule has 0 fully saturated rings. The van der Waals surface area contributed by atoms with Gasteiger partial charge < -0.3 is 14.8 Å². The zero-order valence-corrected chi connectivity index (χ0v) is 19.4. The van der Waals surface area contributed by atoms with Gasteiger partial charge in [-0.25, -0.2) is 8.42 Å². The predicted molar refractivity (Wildman–Crippen MR) is 125 cm³/mol. The molecule has 9 heteroatoms. The molecule has 0 bridgehead atoms. The summed E-state index contributed by atoms with van der Waals surface area (Å²) in [7, 11) is -2.36. The van der Waals surface area contributed by atoms with Gasteiger partial charge in [-0.05, 0) is 73.5 Å². The molecule has 0 aliphatic heterocycles. The maximum absolute atomic E-state index is 12.6. The van der Waals surface area contributed by atoms with E-state index in [1.54, 1.807) is 12.1 Å². The van der Waals surface area contributed by atoms with Crippen LogP contribution in [0.4, 0.5) is 11.4 Å². The van der Waals surface area contributed by atoms with Gasteiger partial charge in [0, 0.05) is 5.69 Å². The number of rotatable bonds is 8. The number of hydrogen-bond donors (Lipinski definition) is 2. The number of carbonyl (C=O) groups is 1. The fourth-order valence-electron chi connectivity index (χ4n) is 2.88. The van der Waals surface area contributed by atoms with Gasteiger partial charge in [0.2, 0.25) is 0 Å². The lowest BCUT2D eigenvalue weighted by Crippen LogP contribution is -2.20. The molecule has 3 aromatic rings. The number of benzene rings is 3. The van der Waals surface area contributed by atoms with Crippen LogP contribution in [0.5, 0.6) is 11.5 Å². The van der Waals surface area contributed by atoms with Gasteiger partial charge >= 0.3 is 0 Å². The molecule has 0 saturated heterocycles. The largest absolute Gasteiger partial charge is 0.495 e. The molecule has 1 amide bonds. The molecule has 0 heterocycles. The molecule has 0 unspecified atom stereocenters. The molecule has 0 atom stereocenters. The topological polar surface area (TPSA) is 93.7 Å². The van der Waals surface area contributed by atoms with Crippen LogP contribution in [0.25, 0.3) is 0 Å². The molecule has 0 radical (unpaired) electrons. The van der Waals surface area contributed by atoms with Gasteiger partial charge in [0.1, 0.15) is 11.5 Å². The summed E-state index contributed by atoms with van der Waals surface area (Å²) in [4.78, 5) is 12.2. The van der Waals surface area contributed by atoms with Gasteiger partial charge in [0.25, 0.3) is 15.9 Å². The van der Waals surface area contributed by atoms with Crippen molar-refractivity contribution in [2.45, 2.75) is 18.7 Å². The van der Waals surface area contributed by atoms with Crippen LogP contribution in [0.15, 0.2) is 65.6 Å². The van der Waals surface area contributed by atoms with Crippen molar-refractivity contribution in [3.05, 3.63) is 76.8 Å². The third kappa shape index (κ3) is 5.72. The predicted octanol–water partition coefficient (Wildman–Crippen LogP) is 4.78. The van der Waals surface area contributed by atoms with Crippen LogP contribution in [-0.2, 0) is 14.8 Å². The monoisotopic (exact) mass is 474 g/mol. The Morgan fingerprint density at radius 1 is 1.03 bits per heavy atom. The minimum atomic E-state index is -3.83. The number of ether oxygens (including phenoxy) is 2. The summed E-state index contributed by atoms with van der Waals surface area (Å²) in [5.74, 6) is 0.499. The Hall–Kier alpha value is -3.23. The molecule has 0 saturated carbocycles. The zero-order valence-electron chi connectivity index (χ0n) is 17.8. The first-order chi connectivity index (χ1) is 15.2. The molecule has 0 aromatic heterocycles. The molecular formula is C23H23ClN2O5S. The third-order valence-corrected chi connectivity index (χ3v) is 6.48. The van der Waals surface area contributed by atoms with E-state index in [9.17, 15) is 13.2 Å². The highest BCUT2D eigenvalue weighted by molar-refractivity contribution is 7.92. The maximum atomic E-state index is 12.6. The van der Waals surface area contributed by atoms with E-state index in [4.69, 9.17) is 21.1 Å². The Kier molecular flexibility index (Phi) is 7.27. The van der Waals surface area contributed by atoms with Crippen molar-refractivity contribution < 1.29 is 22.7 Å². The maximum Gasteiger partial charge on any atom is 0.262 e. The van der Waals surface area contributed by atoms with Crippen LogP contribution < -0.4 is 19.5 Å².